The van der Waals surface area contributed by atoms with Gasteiger partial charge in [0.2, 0.25) is 5.91 Å². The van der Waals surface area contributed by atoms with Crippen LogP contribution in [0.1, 0.15) is 41.2 Å². The number of piperidine rings is 1. The third-order valence-electron chi connectivity index (χ3n) is 5.15. The van der Waals surface area contributed by atoms with Crippen LogP contribution in [0.4, 0.5) is 0 Å². The Labute approximate surface area is 143 Å². The Morgan fingerprint density at radius 1 is 1.29 bits per heavy atom. The van der Waals surface area contributed by atoms with Crippen LogP contribution in [-0.4, -0.2) is 45.3 Å². The van der Waals surface area contributed by atoms with Crippen molar-refractivity contribution < 1.29 is 9.59 Å². The maximum Gasteiger partial charge on any atom is 0.273 e. The van der Waals surface area contributed by atoms with E-state index in [1.165, 1.54) is 11.3 Å². The molecule has 4 heterocycles. The summed E-state index contributed by atoms with van der Waals surface area (Å²) < 4.78 is 0. The first-order valence-corrected chi connectivity index (χ1v) is 9.01. The van der Waals surface area contributed by atoms with Gasteiger partial charge in [-0.1, -0.05) is 0 Å². The molecule has 2 amide bonds. The minimum Gasteiger partial charge on any atom is -0.350 e. The van der Waals surface area contributed by atoms with Gasteiger partial charge >= 0.3 is 0 Å². The first-order valence-electron chi connectivity index (χ1n) is 8.06. The van der Waals surface area contributed by atoms with E-state index in [1.54, 1.807) is 23.3 Å². The highest BCUT2D eigenvalue weighted by Crippen LogP contribution is 2.43. The predicted molar refractivity (Wildman–Crippen MR) is 89.7 cm³/mol. The number of likely N-dealkylation sites (tertiary alicyclic amines) is 1. The van der Waals surface area contributed by atoms with Crippen molar-refractivity contribution in [2.45, 2.75) is 30.7 Å². The fourth-order valence-corrected chi connectivity index (χ4v) is 4.42. The van der Waals surface area contributed by atoms with E-state index in [1.807, 2.05) is 17.0 Å². The third kappa shape index (κ3) is 2.58. The number of nitrogens with zero attached hydrogens (tertiary/aromatic N) is 3. The summed E-state index contributed by atoms with van der Waals surface area (Å²) in [6.45, 7) is 1.27. The number of carbonyl (C=O) groups excluding carboxylic acids is 2. The van der Waals surface area contributed by atoms with Crippen molar-refractivity contribution >= 4 is 23.2 Å². The van der Waals surface area contributed by atoms with Gasteiger partial charge in [-0.2, -0.15) is 0 Å². The van der Waals surface area contributed by atoms with Crippen molar-refractivity contribution in [3.63, 3.8) is 0 Å². The van der Waals surface area contributed by atoms with E-state index < -0.39 is 0 Å². The number of thiazole rings is 1. The van der Waals surface area contributed by atoms with Crippen molar-refractivity contribution in [1.29, 1.82) is 0 Å². The Balaban J connectivity index is 1.52. The molecule has 6 nitrogen and oxygen atoms in total. The molecule has 4 rings (SSSR count). The van der Waals surface area contributed by atoms with Crippen molar-refractivity contribution in [3.05, 3.63) is 46.7 Å². The molecule has 0 saturated carbocycles. The first kappa shape index (κ1) is 15.3. The Morgan fingerprint density at radius 3 is 2.71 bits per heavy atom. The van der Waals surface area contributed by atoms with Crippen LogP contribution >= 0.6 is 11.3 Å². The van der Waals surface area contributed by atoms with Gasteiger partial charge in [0.05, 0.1) is 11.0 Å². The smallest absolute Gasteiger partial charge is 0.273 e. The lowest BCUT2D eigenvalue weighted by Crippen LogP contribution is -2.54. The van der Waals surface area contributed by atoms with E-state index in [0.717, 1.165) is 18.4 Å². The van der Waals surface area contributed by atoms with Gasteiger partial charge in [-0.05, 0) is 30.5 Å². The number of nitrogens with one attached hydrogen (secondary N) is 1. The normalized spacial score (nSPS) is 22.6. The zero-order valence-electron chi connectivity index (χ0n) is 13.1. The van der Waals surface area contributed by atoms with Gasteiger partial charge in [0.25, 0.3) is 5.91 Å². The second-order valence-corrected chi connectivity index (χ2v) is 7.13. The minimum absolute atomic E-state index is 0.0177. The lowest BCUT2D eigenvalue weighted by molar-refractivity contribution is -0.120. The predicted octanol–water partition coefficient (Wildman–Crippen LogP) is 1.82. The van der Waals surface area contributed by atoms with Crippen LogP contribution in [0.15, 0.2) is 35.4 Å². The molecule has 124 valence electrons. The van der Waals surface area contributed by atoms with E-state index in [4.69, 9.17) is 0 Å². The summed E-state index contributed by atoms with van der Waals surface area (Å²) in [6.07, 6.45) is 5.58. The van der Waals surface area contributed by atoms with Gasteiger partial charge in [-0.15, -0.1) is 11.3 Å². The number of rotatable bonds is 2. The Bertz CT molecular complexity index is 739. The maximum atomic E-state index is 12.5. The quantitative estimate of drug-likeness (QED) is 0.903. The van der Waals surface area contributed by atoms with Gasteiger partial charge in [0.1, 0.15) is 5.69 Å². The summed E-state index contributed by atoms with van der Waals surface area (Å²) in [5, 5.41) is 4.98. The molecule has 2 fully saturated rings. The van der Waals surface area contributed by atoms with Crippen LogP contribution in [0.5, 0.6) is 0 Å². The monoisotopic (exact) mass is 342 g/mol. The molecule has 1 atom stereocenters. The minimum atomic E-state index is -0.253. The standard InChI is InChI=1S/C17H18N4O2S/c22-15-9-13(12-1-5-18-6-2-12)17(20-15)3-7-21(8-4-17)16(23)14-10-24-11-19-14/h1-2,5-6,10-11,13H,3-4,7-9H2,(H,20,22)/t13-/m0/s1. The van der Waals surface area contributed by atoms with E-state index in [2.05, 4.69) is 15.3 Å². The maximum absolute atomic E-state index is 12.5. The second-order valence-electron chi connectivity index (χ2n) is 6.41. The van der Waals surface area contributed by atoms with Gasteiger partial charge in [-0.3, -0.25) is 14.6 Å². The molecule has 2 aromatic rings. The molecule has 2 saturated heterocycles. The molecule has 1 N–H and O–H groups in total. The summed E-state index contributed by atoms with van der Waals surface area (Å²) in [5.74, 6) is 0.219. The van der Waals surface area contributed by atoms with E-state index >= 15 is 0 Å². The highest BCUT2D eigenvalue weighted by atomic mass is 32.1. The van der Waals surface area contributed by atoms with Crippen LogP contribution in [0, 0.1) is 0 Å². The van der Waals surface area contributed by atoms with Crippen LogP contribution in [0.25, 0.3) is 0 Å². The molecule has 24 heavy (non-hydrogen) atoms. The topological polar surface area (TPSA) is 75.2 Å². The zero-order chi connectivity index (χ0) is 16.6. The molecule has 0 radical (unpaired) electrons. The molecule has 7 heteroatoms. The van der Waals surface area contributed by atoms with Crippen LogP contribution in [0.3, 0.4) is 0 Å². The Kier molecular flexibility index (Phi) is 3.80. The first-order chi connectivity index (χ1) is 11.7. The average molecular weight is 342 g/mol. The summed E-state index contributed by atoms with van der Waals surface area (Å²) in [5.41, 5.74) is 3.08. The molecule has 0 aromatic carbocycles. The number of hydrogen-bond donors (Lipinski definition) is 1. The Hall–Kier alpha value is -2.28. The fourth-order valence-electron chi connectivity index (χ4n) is 3.89. The van der Waals surface area contributed by atoms with Gasteiger partial charge in [-0.25, -0.2) is 4.98 Å². The molecule has 2 aliphatic rings. The van der Waals surface area contributed by atoms with Crippen LogP contribution < -0.4 is 5.32 Å². The molecule has 1 spiro atoms. The number of hydrogen-bond acceptors (Lipinski definition) is 5. The lowest BCUT2D eigenvalue weighted by atomic mass is 9.74. The highest BCUT2D eigenvalue weighted by Gasteiger charge is 2.49. The molecule has 0 bridgehead atoms. The molecule has 0 aliphatic carbocycles. The number of aromatic nitrogens is 2. The second kappa shape index (κ2) is 5.98. The van der Waals surface area contributed by atoms with Gasteiger partial charge in [0, 0.05) is 43.2 Å². The van der Waals surface area contributed by atoms with Crippen LogP contribution in [-0.2, 0) is 4.79 Å². The molecule has 2 aliphatic heterocycles. The van der Waals surface area contributed by atoms with E-state index in [-0.39, 0.29) is 23.3 Å². The largest absolute Gasteiger partial charge is 0.350 e. The van der Waals surface area contributed by atoms with Gasteiger partial charge in [0.15, 0.2) is 0 Å². The Morgan fingerprint density at radius 2 is 2.04 bits per heavy atom. The molecule has 2 aromatic heterocycles. The summed E-state index contributed by atoms with van der Waals surface area (Å²) >= 11 is 1.43. The number of amides is 2. The van der Waals surface area contributed by atoms with Crippen LogP contribution in [0.2, 0.25) is 0 Å². The summed E-state index contributed by atoms with van der Waals surface area (Å²) in [7, 11) is 0. The average Bonchev–Trinajstić information content (AvgIpc) is 3.24. The summed E-state index contributed by atoms with van der Waals surface area (Å²) in [4.78, 5) is 34.6. The summed E-state index contributed by atoms with van der Waals surface area (Å²) in [6, 6.07) is 3.97. The van der Waals surface area contributed by atoms with Crippen molar-refractivity contribution in [2.24, 2.45) is 0 Å². The number of pyridine rings is 1. The molecule has 0 unspecified atom stereocenters. The fraction of sp³-hybridized carbons (Fsp3) is 0.412. The molecular formula is C17H18N4O2S. The van der Waals surface area contributed by atoms with Crippen molar-refractivity contribution in [3.8, 4) is 0 Å². The van der Waals surface area contributed by atoms with Crippen molar-refractivity contribution in [2.75, 3.05) is 13.1 Å². The van der Waals surface area contributed by atoms with E-state index in [9.17, 15) is 9.59 Å². The van der Waals surface area contributed by atoms with Crippen molar-refractivity contribution in [1.82, 2.24) is 20.2 Å². The zero-order valence-corrected chi connectivity index (χ0v) is 14.0. The third-order valence-corrected chi connectivity index (χ3v) is 5.73. The van der Waals surface area contributed by atoms with Gasteiger partial charge < -0.3 is 10.2 Å². The number of carbonyl (C=O) groups is 2. The highest BCUT2D eigenvalue weighted by molar-refractivity contribution is 7.07. The SMILES string of the molecule is O=C1C[C@@H](c2ccncc2)C2(CCN(C(=O)c3cscn3)CC2)N1. The van der Waals surface area contributed by atoms with E-state index in [0.29, 0.717) is 25.2 Å². The molecular weight excluding hydrogens is 324 g/mol. The lowest BCUT2D eigenvalue weighted by Gasteiger charge is -2.42.